The highest BCUT2D eigenvalue weighted by atomic mass is 19.1. The van der Waals surface area contributed by atoms with Crippen LogP contribution in [0.5, 0.6) is 0 Å². The van der Waals surface area contributed by atoms with Crippen molar-refractivity contribution >= 4 is 5.71 Å². The van der Waals surface area contributed by atoms with Gasteiger partial charge in [0.15, 0.2) is 0 Å². The summed E-state index contributed by atoms with van der Waals surface area (Å²) < 4.78 is 29.5. The normalized spacial score (nSPS) is 18.4. The molecule has 1 aliphatic carbocycles. The topological polar surface area (TPSA) is 72.5 Å². The maximum absolute atomic E-state index is 14.7. The molecule has 140 valence electrons. The summed E-state index contributed by atoms with van der Waals surface area (Å²) in [7, 11) is 1.45. The quantitative estimate of drug-likeness (QED) is 0.577. The van der Waals surface area contributed by atoms with Gasteiger partial charge in [0.05, 0.1) is 12.3 Å². The summed E-state index contributed by atoms with van der Waals surface area (Å²) in [6.45, 7) is 1.97. The minimum atomic E-state index is -1.66. The van der Waals surface area contributed by atoms with Crippen LogP contribution in [0.25, 0.3) is 0 Å². The Kier molecular flexibility index (Phi) is 5.04. The first-order valence-electron chi connectivity index (χ1n) is 8.57. The van der Waals surface area contributed by atoms with Crippen molar-refractivity contribution in [2.45, 2.75) is 44.8 Å². The van der Waals surface area contributed by atoms with Crippen LogP contribution in [0.15, 0.2) is 36.0 Å². The van der Waals surface area contributed by atoms with Crippen LogP contribution in [-0.4, -0.2) is 32.7 Å². The second-order valence-electron chi connectivity index (χ2n) is 6.63. The van der Waals surface area contributed by atoms with E-state index in [-0.39, 0.29) is 12.1 Å². The maximum Gasteiger partial charge on any atom is 0.137 e. The number of aromatic nitrogens is 3. The number of benzene rings is 1. The summed E-state index contributed by atoms with van der Waals surface area (Å²) in [6.07, 6.45) is 5.45. The van der Waals surface area contributed by atoms with Crippen molar-refractivity contribution in [3.05, 3.63) is 48.1 Å². The minimum absolute atomic E-state index is 0.0202. The third-order valence-corrected chi connectivity index (χ3v) is 5.02. The molecule has 1 N–H and O–H groups in total. The molecule has 1 aromatic heterocycles. The molecule has 0 radical (unpaired) electrons. The summed E-state index contributed by atoms with van der Waals surface area (Å²) in [5, 5.41) is 19.9. The van der Waals surface area contributed by atoms with Gasteiger partial charge in [0.2, 0.25) is 0 Å². The average molecular weight is 364 g/mol. The van der Waals surface area contributed by atoms with Crippen molar-refractivity contribution in [2.24, 2.45) is 10.6 Å². The van der Waals surface area contributed by atoms with Gasteiger partial charge in [-0.15, -0.1) is 0 Å². The molecule has 26 heavy (non-hydrogen) atoms. The number of oxime groups is 1. The van der Waals surface area contributed by atoms with Gasteiger partial charge in [0.1, 0.15) is 37.0 Å². The Balaban J connectivity index is 2.13. The summed E-state index contributed by atoms with van der Waals surface area (Å²) >= 11 is 0. The molecule has 6 nitrogen and oxygen atoms in total. The molecule has 1 unspecified atom stereocenters. The number of nitrogens with zero attached hydrogens (tertiary/aromatic N) is 4. The fourth-order valence-corrected chi connectivity index (χ4v) is 3.65. The van der Waals surface area contributed by atoms with E-state index in [9.17, 15) is 13.9 Å². The number of hydrogen-bond acceptors (Lipinski definition) is 5. The van der Waals surface area contributed by atoms with Crippen molar-refractivity contribution in [1.82, 2.24) is 14.8 Å². The van der Waals surface area contributed by atoms with Gasteiger partial charge in [-0.05, 0) is 25.3 Å². The van der Waals surface area contributed by atoms with Crippen LogP contribution in [0.3, 0.4) is 0 Å². The van der Waals surface area contributed by atoms with Gasteiger partial charge in [-0.3, -0.25) is 0 Å². The van der Waals surface area contributed by atoms with E-state index >= 15 is 0 Å². The lowest BCUT2D eigenvalue weighted by Crippen LogP contribution is -2.46. The van der Waals surface area contributed by atoms with Crippen molar-refractivity contribution in [1.29, 1.82) is 0 Å². The fraction of sp³-hybridized carbons (Fsp3) is 0.500. The predicted molar refractivity (Wildman–Crippen MR) is 91.3 cm³/mol. The summed E-state index contributed by atoms with van der Waals surface area (Å²) in [6, 6.07) is 3.22. The second-order valence-corrected chi connectivity index (χ2v) is 6.63. The molecule has 2 aromatic rings. The smallest absolute Gasteiger partial charge is 0.137 e. The Labute approximate surface area is 150 Å². The standard InChI is InChI=1S/C18H22F2N4O2/c1-3-4-16(23-26-2)17(7-8-17)18(25,10-24-12-21-11-22-24)14-6-5-13(19)9-15(14)20/h5-6,9,11-12,25H,3-4,7-8,10H2,1-2H3. The lowest BCUT2D eigenvalue weighted by atomic mass is 9.74. The SMILES string of the molecule is CCCC(=NOC)C1(C(O)(Cn2cncn2)c2ccc(F)cc2F)CC1. The Bertz CT molecular complexity index is 790. The van der Waals surface area contributed by atoms with E-state index in [2.05, 4.69) is 15.2 Å². The zero-order valence-electron chi connectivity index (χ0n) is 14.8. The molecular weight excluding hydrogens is 342 g/mol. The highest BCUT2D eigenvalue weighted by Gasteiger charge is 2.63. The van der Waals surface area contributed by atoms with Crippen molar-refractivity contribution in [3.63, 3.8) is 0 Å². The van der Waals surface area contributed by atoms with Crippen LogP contribution in [-0.2, 0) is 17.0 Å². The average Bonchev–Trinajstić information content (AvgIpc) is 3.27. The van der Waals surface area contributed by atoms with Crippen LogP contribution in [0.4, 0.5) is 8.78 Å². The zero-order valence-corrected chi connectivity index (χ0v) is 14.8. The third-order valence-electron chi connectivity index (χ3n) is 5.02. The van der Waals surface area contributed by atoms with Gasteiger partial charge in [0, 0.05) is 17.0 Å². The lowest BCUT2D eigenvalue weighted by Gasteiger charge is -2.38. The second kappa shape index (κ2) is 7.11. The van der Waals surface area contributed by atoms with Crippen LogP contribution >= 0.6 is 0 Å². The molecule has 1 fully saturated rings. The number of aliphatic hydroxyl groups is 1. The molecule has 0 saturated heterocycles. The molecule has 0 spiro atoms. The molecular formula is C18H22F2N4O2. The summed E-state index contributed by atoms with van der Waals surface area (Å²) in [5.74, 6) is -1.49. The van der Waals surface area contributed by atoms with Gasteiger partial charge in [-0.1, -0.05) is 24.6 Å². The van der Waals surface area contributed by atoms with Crippen molar-refractivity contribution in [2.75, 3.05) is 7.11 Å². The number of hydrogen-bond donors (Lipinski definition) is 1. The maximum atomic E-state index is 14.7. The van der Waals surface area contributed by atoms with E-state index in [0.717, 1.165) is 18.6 Å². The van der Waals surface area contributed by atoms with Crippen LogP contribution in [0.1, 0.15) is 38.2 Å². The molecule has 1 aliphatic rings. The first kappa shape index (κ1) is 18.4. The van der Waals surface area contributed by atoms with Crippen molar-refractivity contribution < 1.29 is 18.7 Å². The monoisotopic (exact) mass is 364 g/mol. The van der Waals surface area contributed by atoms with E-state index in [0.29, 0.717) is 25.0 Å². The Hall–Kier alpha value is -2.35. The first-order valence-corrected chi connectivity index (χ1v) is 8.57. The molecule has 1 atom stereocenters. The van der Waals surface area contributed by atoms with Crippen LogP contribution in [0, 0.1) is 17.0 Å². The summed E-state index contributed by atoms with van der Waals surface area (Å²) in [5.41, 5.74) is -1.75. The number of halogens is 2. The number of rotatable bonds is 8. The molecule has 1 saturated carbocycles. The third kappa shape index (κ3) is 3.09. The highest BCUT2D eigenvalue weighted by molar-refractivity contribution is 5.93. The van der Waals surface area contributed by atoms with E-state index < -0.39 is 22.7 Å². The molecule has 0 amide bonds. The first-order chi connectivity index (χ1) is 12.5. The fourth-order valence-electron chi connectivity index (χ4n) is 3.65. The van der Waals surface area contributed by atoms with Gasteiger partial charge >= 0.3 is 0 Å². The highest BCUT2D eigenvalue weighted by Crippen LogP contribution is 2.61. The molecule has 1 aromatic carbocycles. The zero-order chi connectivity index (χ0) is 18.8. The summed E-state index contributed by atoms with van der Waals surface area (Å²) in [4.78, 5) is 8.88. The molecule has 8 heteroatoms. The minimum Gasteiger partial charge on any atom is -0.399 e. The molecule has 1 heterocycles. The van der Waals surface area contributed by atoms with E-state index in [1.54, 1.807) is 0 Å². The Morgan fingerprint density at radius 2 is 2.19 bits per heavy atom. The van der Waals surface area contributed by atoms with E-state index in [4.69, 9.17) is 4.84 Å². The molecule has 0 bridgehead atoms. The Morgan fingerprint density at radius 3 is 2.73 bits per heavy atom. The molecule has 0 aliphatic heterocycles. The molecule has 3 rings (SSSR count). The van der Waals surface area contributed by atoms with Gasteiger partial charge in [-0.25, -0.2) is 18.4 Å². The largest absolute Gasteiger partial charge is 0.399 e. The van der Waals surface area contributed by atoms with Crippen LogP contribution < -0.4 is 0 Å². The van der Waals surface area contributed by atoms with Crippen molar-refractivity contribution in [3.8, 4) is 0 Å². The van der Waals surface area contributed by atoms with Gasteiger partial charge < -0.3 is 9.94 Å². The van der Waals surface area contributed by atoms with Crippen LogP contribution in [0.2, 0.25) is 0 Å². The van der Waals surface area contributed by atoms with Gasteiger partial charge in [0.25, 0.3) is 0 Å². The predicted octanol–water partition coefficient (Wildman–Crippen LogP) is 3.03. The van der Waals surface area contributed by atoms with E-state index in [1.807, 2.05) is 6.92 Å². The lowest BCUT2D eigenvalue weighted by molar-refractivity contribution is -0.0345. The van der Waals surface area contributed by atoms with E-state index in [1.165, 1.54) is 30.5 Å². The Morgan fingerprint density at radius 1 is 1.42 bits per heavy atom. The van der Waals surface area contributed by atoms with Gasteiger partial charge in [-0.2, -0.15) is 5.10 Å².